The summed E-state index contributed by atoms with van der Waals surface area (Å²) in [5.41, 5.74) is 17.2. The van der Waals surface area contributed by atoms with Crippen LogP contribution in [-0.4, -0.2) is 61.6 Å². The molecule has 2 saturated carbocycles. The first-order valence-corrected chi connectivity index (χ1v) is 15.8. The van der Waals surface area contributed by atoms with Crippen LogP contribution in [0.4, 0.5) is 4.39 Å². The van der Waals surface area contributed by atoms with E-state index in [9.17, 15) is 14.0 Å². The van der Waals surface area contributed by atoms with E-state index >= 15 is 0 Å². The summed E-state index contributed by atoms with van der Waals surface area (Å²) in [6, 6.07) is 12.5. The number of pyridine rings is 1. The second kappa shape index (κ2) is 10.4. The van der Waals surface area contributed by atoms with Crippen LogP contribution in [-0.2, 0) is 13.6 Å². The van der Waals surface area contributed by atoms with Gasteiger partial charge in [-0.3, -0.25) is 9.59 Å². The molecule has 3 unspecified atom stereocenters. The van der Waals surface area contributed by atoms with Crippen LogP contribution in [0.1, 0.15) is 52.0 Å². The van der Waals surface area contributed by atoms with Crippen LogP contribution in [0, 0.1) is 24.6 Å². The van der Waals surface area contributed by atoms with Crippen LogP contribution in [0.2, 0.25) is 0 Å². The quantitative estimate of drug-likeness (QED) is 0.269. The molecule has 4 heterocycles. The van der Waals surface area contributed by atoms with E-state index in [2.05, 4.69) is 10.6 Å². The van der Waals surface area contributed by atoms with Crippen LogP contribution < -0.4 is 16.2 Å². The van der Waals surface area contributed by atoms with Crippen molar-refractivity contribution in [2.24, 2.45) is 30.4 Å². The third kappa shape index (κ3) is 4.39. The van der Waals surface area contributed by atoms with Crippen molar-refractivity contribution in [2.45, 2.75) is 51.2 Å². The highest BCUT2D eigenvalue weighted by Gasteiger charge is 2.47. The fourth-order valence-corrected chi connectivity index (χ4v) is 7.62. The molecule has 1 aliphatic heterocycles. The van der Waals surface area contributed by atoms with Gasteiger partial charge in [-0.15, -0.1) is 0 Å². The van der Waals surface area contributed by atoms with Gasteiger partial charge in [-0.05, 0) is 92.5 Å². The van der Waals surface area contributed by atoms with Crippen LogP contribution in [0.25, 0.3) is 44.8 Å². The molecule has 2 aromatic carbocycles. The SMILES string of the molecule is COc1cc(C(=O)N2CC3CCC2C3N)cc2nc(-c3cc4ccc(-c5cc(F)c(C(N)=O)cc5C)nc4n3CC3CC3)n(C)c12. The second-order valence-electron chi connectivity index (χ2n) is 13.2. The number of primary amides is 1. The number of rotatable bonds is 7. The Kier molecular flexibility index (Phi) is 6.47. The van der Waals surface area contributed by atoms with E-state index in [1.54, 1.807) is 7.11 Å². The number of aryl methyl sites for hydroxylation is 2. The first-order valence-electron chi connectivity index (χ1n) is 15.8. The summed E-state index contributed by atoms with van der Waals surface area (Å²) in [4.78, 5) is 37.5. The average Bonchev–Trinajstić information content (AvgIpc) is 3.45. The highest BCUT2D eigenvalue weighted by Crippen LogP contribution is 2.40. The van der Waals surface area contributed by atoms with Crippen molar-refractivity contribution in [3.05, 3.63) is 65.0 Å². The molecule has 3 fully saturated rings. The number of nitrogens with two attached hydrogens (primary N) is 2. The highest BCUT2D eigenvalue weighted by atomic mass is 19.1. The van der Waals surface area contributed by atoms with Crippen molar-refractivity contribution >= 4 is 33.9 Å². The molecule has 5 aromatic rings. The molecule has 2 amide bonds. The first-order chi connectivity index (χ1) is 22.1. The summed E-state index contributed by atoms with van der Waals surface area (Å²) in [5.74, 6) is 0.693. The Labute approximate surface area is 265 Å². The monoisotopic (exact) mass is 621 g/mol. The van der Waals surface area contributed by atoms with Gasteiger partial charge in [-0.1, -0.05) is 0 Å². The minimum atomic E-state index is -0.804. The van der Waals surface area contributed by atoms with Crippen molar-refractivity contribution in [3.8, 4) is 28.5 Å². The fraction of sp³-hybridized carbons (Fsp3) is 0.371. The zero-order valence-corrected chi connectivity index (χ0v) is 26.1. The van der Waals surface area contributed by atoms with Gasteiger partial charge in [0.25, 0.3) is 11.8 Å². The number of ether oxygens (including phenoxy) is 1. The van der Waals surface area contributed by atoms with E-state index in [1.165, 1.54) is 12.1 Å². The van der Waals surface area contributed by atoms with Crippen molar-refractivity contribution in [3.63, 3.8) is 0 Å². The molecule has 10 nitrogen and oxygen atoms in total. The Morgan fingerprint density at radius 3 is 2.54 bits per heavy atom. The van der Waals surface area contributed by atoms with Crippen molar-refractivity contribution in [1.29, 1.82) is 0 Å². The molecule has 3 atom stereocenters. The van der Waals surface area contributed by atoms with Gasteiger partial charge in [0, 0.05) is 48.7 Å². The van der Waals surface area contributed by atoms with Crippen molar-refractivity contribution in [1.82, 2.24) is 24.0 Å². The lowest BCUT2D eigenvalue weighted by Crippen LogP contribution is -2.41. The van der Waals surface area contributed by atoms with Gasteiger partial charge in [0.1, 0.15) is 22.7 Å². The normalized spacial score (nSPS) is 20.7. The lowest BCUT2D eigenvalue weighted by molar-refractivity contribution is 0.0700. The number of methoxy groups -OCH3 is 1. The van der Waals surface area contributed by atoms with Gasteiger partial charge in [-0.25, -0.2) is 14.4 Å². The molecular weight excluding hydrogens is 585 g/mol. The number of likely N-dealkylation sites (tertiary alicyclic amines) is 1. The number of hydrogen-bond donors (Lipinski definition) is 2. The number of nitrogens with zero attached hydrogens (tertiary/aromatic N) is 5. The van der Waals surface area contributed by atoms with Gasteiger partial charge in [0.2, 0.25) is 0 Å². The van der Waals surface area contributed by atoms with Crippen LogP contribution in [0.5, 0.6) is 5.75 Å². The zero-order chi connectivity index (χ0) is 32.0. The third-order valence-electron chi connectivity index (χ3n) is 10.3. The number of fused-ring (bicyclic) bond motifs is 4. The lowest BCUT2D eigenvalue weighted by atomic mass is 10.0. The molecule has 2 aliphatic carbocycles. The standard InChI is InChI=1S/C35H36FN7O3/c1-17-10-23(32(38)44)24(36)14-22(17)25-8-6-19-12-28(42(33(19)39-25)15-18-4-5-18)34-40-26-11-21(13-29(46-3)31(26)41(34)2)35(45)43-16-20-7-9-27(43)30(20)37/h6,8,10-14,18,20,27,30H,4-5,7,9,15-16,37H2,1-3H3,(H2,38,44). The molecule has 4 N–H and O–H groups in total. The smallest absolute Gasteiger partial charge is 0.254 e. The number of carbonyl (C=O) groups is 2. The zero-order valence-electron chi connectivity index (χ0n) is 26.1. The topological polar surface area (TPSA) is 134 Å². The molecular formula is C35H36FN7O3. The van der Waals surface area contributed by atoms with Gasteiger partial charge in [-0.2, -0.15) is 0 Å². The molecule has 1 saturated heterocycles. The fourth-order valence-electron chi connectivity index (χ4n) is 7.62. The Morgan fingerprint density at radius 1 is 1.07 bits per heavy atom. The summed E-state index contributed by atoms with van der Waals surface area (Å²) in [7, 11) is 3.57. The molecule has 236 valence electrons. The highest BCUT2D eigenvalue weighted by molar-refractivity contribution is 6.00. The molecule has 2 bridgehead atoms. The van der Waals surface area contributed by atoms with E-state index in [0.717, 1.165) is 60.3 Å². The average molecular weight is 622 g/mol. The van der Waals surface area contributed by atoms with Gasteiger partial charge >= 0.3 is 0 Å². The molecule has 3 aliphatic rings. The third-order valence-corrected chi connectivity index (χ3v) is 10.3. The van der Waals surface area contributed by atoms with Crippen LogP contribution >= 0.6 is 0 Å². The largest absolute Gasteiger partial charge is 0.494 e. The van der Waals surface area contributed by atoms with Crippen LogP contribution in [0.15, 0.2) is 42.5 Å². The predicted octanol–water partition coefficient (Wildman–Crippen LogP) is 4.78. The summed E-state index contributed by atoms with van der Waals surface area (Å²) in [6.07, 6.45) is 4.30. The molecule has 0 spiro atoms. The molecule has 8 rings (SSSR count). The Morgan fingerprint density at radius 2 is 1.87 bits per heavy atom. The number of amides is 2. The van der Waals surface area contributed by atoms with Crippen LogP contribution in [0.3, 0.4) is 0 Å². The van der Waals surface area contributed by atoms with E-state index in [1.807, 2.05) is 47.7 Å². The minimum Gasteiger partial charge on any atom is -0.494 e. The Bertz CT molecular complexity index is 2100. The summed E-state index contributed by atoms with van der Waals surface area (Å²) in [6.45, 7) is 3.28. The maximum atomic E-state index is 14.8. The molecule has 3 aromatic heterocycles. The minimum absolute atomic E-state index is 0.0368. The van der Waals surface area contributed by atoms with E-state index in [0.29, 0.717) is 52.0 Å². The summed E-state index contributed by atoms with van der Waals surface area (Å²) in [5, 5.41) is 0.932. The predicted molar refractivity (Wildman–Crippen MR) is 173 cm³/mol. The number of aromatic nitrogens is 4. The Hall–Kier alpha value is -4.77. The lowest BCUT2D eigenvalue weighted by Gasteiger charge is -2.27. The number of imidazole rings is 1. The van der Waals surface area contributed by atoms with Crippen molar-refractivity contribution < 1.29 is 18.7 Å². The number of benzene rings is 2. The number of carbonyl (C=O) groups excluding carboxylic acids is 2. The number of hydrogen-bond acceptors (Lipinski definition) is 6. The van der Waals surface area contributed by atoms with Crippen molar-refractivity contribution in [2.75, 3.05) is 13.7 Å². The second-order valence-corrected chi connectivity index (χ2v) is 13.2. The maximum Gasteiger partial charge on any atom is 0.254 e. The van der Waals surface area contributed by atoms with E-state index in [-0.39, 0.29) is 23.6 Å². The van der Waals surface area contributed by atoms with E-state index in [4.69, 9.17) is 26.2 Å². The maximum absolute atomic E-state index is 14.8. The number of piperidine rings is 1. The molecule has 0 radical (unpaired) electrons. The molecule has 46 heavy (non-hydrogen) atoms. The van der Waals surface area contributed by atoms with E-state index < -0.39 is 11.7 Å². The van der Waals surface area contributed by atoms with Gasteiger partial charge < -0.3 is 30.2 Å². The molecule has 11 heteroatoms. The van der Waals surface area contributed by atoms with Gasteiger partial charge in [0.15, 0.2) is 5.82 Å². The first kappa shape index (κ1) is 28.7. The summed E-state index contributed by atoms with van der Waals surface area (Å²) < 4.78 is 24.8. The number of halogens is 1. The Balaban J connectivity index is 1.24. The van der Waals surface area contributed by atoms with Gasteiger partial charge in [0.05, 0.1) is 29.6 Å². The summed E-state index contributed by atoms with van der Waals surface area (Å²) >= 11 is 0.